The Kier molecular flexibility index (Phi) is 15.9. The lowest BCUT2D eigenvalue weighted by molar-refractivity contribution is -0.142. The van der Waals surface area contributed by atoms with Crippen molar-refractivity contribution in [3.05, 3.63) is 29.8 Å². The van der Waals surface area contributed by atoms with Crippen LogP contribution in [0.2, 0.25) is 0 Å². The Bertz CT molecular complexity index is 975. The molecule has 0 aromatic heterocycles. The number of carboxylic acid groups (broad SMARTS) is 1. The lowest BCUT2D eigenvalue weighted by Gasteiger charge is -2.26. The van der Waals surface area contributed by atoms with Gasteiger partial charge in [-0.05, 0) is 75.9 Å². The summed E-state index contributed by atoms with van der Waals surface area (Å²) in [4.78, 5) is 62.8. The topological polar surface area (TPSA) is 252 Å². The summed E-state index contributed by atoms with van der Waals surface area (Å²) in [5, 5.41) is 29.2. The second-order valence-corrected chi connectivity index (χ2v) is 9.44. The number of benzene rings is 1. The first kappa shape index (κ1) is 34.3. The van der Waals surface area contributed by atoms with Gasteiger partial charge in [0.2, 0.25) is 23.6 Å². The molecule has 224 valence electrons. The fourth-order valence-electron chi connectivity index (χ4n) is 3.90. The molecule has 1 aromatic carbocycles. The van der Waals surface area contributed by atoms with Crippen LogP contribution >= 0.6 is 0 Å². The van der Waals surface area contributed by atoms with Crippen LogP contribution in [0.3, 0.4) is 0 Å². The van der Waals surface area contributed by atoms with Crippen LogP contribution in [0.5, 0.6) is 5.75 Å². The van der Waals surface area contributed by atoms with E-state index in [0.29, 0.717) is 24.8 Å². The maximum atomic E-state index is 13.3. The van der Waals surface area contributed by atoms with Crippen molar-refractivity contribution in [2.75, 3.05) is 19.6 Å². The molecule has 0 heterocycles. The zero-order valence-corrected chi connectivity index (χ0v) is 22.9. The molecule has 4 atom stereocenters. The summed E-state index contributed by atoms with van der Waals surface area (Å²) in [6, 6.07) is 1.72. The largest absolute Gasteiger partial charge is 0.508 e. The smallest absolute Gasteiger partial charge is 0.326 e. The normalized spacial score (nSPS) is 13.8. The number of amides is 4. The molecule has 0 aliphatic carbocycles. The maximum Gasteiger partial charge on any atom is 0.326 e. The Morgan fingerprint density at radius 2 is 1.07 bits per heavy atom. The lowest BCUT2D eigenvalue weighted by Crippen LogP contribution is -2.58. The minimum atomic E-state index is -1.23. The number of aromatic hydroxyl groups is 1. The van der Waals surface area contributed by atoms with Crippen LogP contribution < -0.4 is 38.5 Å². The molecule has 0 aliphatic rings. The standard InChI is InChI=1S/C26H43N7O7/c1-16(34)30-22(15-17-8-10-18(35)11-9-17)25(38)32-19(5-2-12-27)23(36)31-20(6-3-13-28)24(37)33-21(26(39)40)7-4-14-29/h8-11,19-22,35H,2-7,12-15,27-29H2,1H3,(H,30,34)(H,31,36)(H,32,38)(H,33,37)(H,39,40)/t19-,20-,21-,22-/m0/s1. The van der Waals surface area contributed by atoms with Gasteiger partial charge in [-0.2, -0.15) is 0 Å². The third kappa shape index (κ3) is 12.9. The van der Waals surface area contributed by atoms with Gasteiger partial charge in [-0.25, -0.2) is 4.79 Å². The first-order chi connectivity index (χ1) is 19.0. The second-order valence-electron chi connectivity index (χ2n) is 9.44. The second kappa shape index (κ2) is 18.5. The van der Waals surface area contributed by atoms with Crippen molar-refractivity contribution in [3.8, 4) is 5.75 Å². The summed E-state index contributed by atoms with van der Waals surface area (Å²) >= 11 is 0. The number of carbonyl (C=O) groups excluding carboxylic acids is 4. The maximum absolute atomic E-state index is 13.3. The number of nitrogens with one attached hydrogen (secondary N) is 4. The molecular formula is C26H43N7O7. The molecule has 0 aliphatic heterocycles. The van der Waals surface area contributed by atoms with Crippen molar-refractivity contribution < 1.29 is 34.2 Å². The Labute approximate surface area is 233 Å². The van der Waals surface area contributed by atoms with Gasteiger partial charge in [0.1, 0.15) is 29.9 Å². The van der Waals surface area contributed by atoms with E-state index < -0.39 is 53.8 Å². The quantitative estimate of drug-likeness (QED) is 0.0909. The van der Waals surface area contributed by atoms with Crippen LogP contribution in [-0.2, 0) is 30.4 Å². The van der Waals surface area contributed by atoms with Crippen molar-refractivity contribution in [1.82, 2.24) is 21.3 Å². The molecule has 12 N–H and O–H groups in total. The van der Waals surface area contributed by atoms with Crippen molar-refractivity contribution in [2.45, 2.75) is 76.0 Å². The Morgan fingerprint density at radius 1 is 0.675 bits per heavy atom. The minimum Gasteiger partial charge on any atom is -0.508 e. The summed E-state index contributed by atoms with van der Waals surface area (Å²) in [6.07, 6.45) is 1.64. The minimum absolute atomic E-state index is 0.0464. The van der Waals surface area contributed by atoms with Gasteiger partial charge in [0, 0.05) is 13.3 Å². The van der Waals surface area contributed by atoms with E-state index in [1.54, 1.807) is 12.1 Å². The van der Waals surface area contributed by atoms with Gasteiger partial charge in [0.25, 0.3) is 0 Å². The zero-order chi connectivity index (χ0) is 30.1. The van der Waals surface area contributed by atoms with E-state index in [4.69, 9.17) is 17.2 Å². The molecule has 1 rings (SSSR count). The number of aliphatic carboxylic acids is 1. The lowest BCUT2D eigenvalue weighted by atomic mass is 10.0. The summed E-state index contributed by atoms with van der Waals surface area (Å²) in [6.45, 7) is 1.98. The van der Waals surface area contributed by atoms with E-state index in [9.17, 15) is 34.2 Å². The molecule has 14 nitrogen and oxygen atoms in total. The van der Waals surface area contributed by atoms with Gasteiger partial charge < -0.3 is 48.7 Å². The fraction of sp³-hybridized carbons (Fsp3) is 0.577. The Hall–Kier alpha value is -3.75. The van der Waals surface area contributed by atoms with E-state index in [0.717, 1.165) is 0 Å². The molecule has 0 spiro atoms. The van der Waals surface area contributed by atoms with Gasteiger partial charge in [-0.15, -0.1) is 0 Å². The average Bonchev–Trinajstić information content (AvgIpc) is 2.91. The van der Waals surface area contributed by atoms with Gasteiger partial charge in [0.15, 0.2) is 0 Å². The number of nitrogens with two attached hydrogens (primary N) is 3. The Balaban J connectivity index is 3.06. The third-order valence-corrected chi connectivity index (χ3v) is 6.04. The van der Waals surface area contributed by atoms with Crippen LogP contribution in [0.1, 0.15) is 51.0 Å². The third-order valence-electron chi connectivity index (χ3n) is 6.04. The number of phenolic OH excluding ortho intramolecular Hbond substituents is 1. The molecule has 0 saturated heterocycles. The zero-order valence-electron chi connectivity index (χ0n) is 22.9. The van der Waals surface area contributed by atoms with E-state index in [1.165, 1.54) is 19.1 Å². The van der Waals surface area contributed by atoms with Crippen LogP contribution in [-0.4, -0.2) is 83.6 Å². The van der Waals surface area contributed by atoms with Gasteiger partial charge in [0.05, 0.1) is 0 Å². The average molecular weight is 566 g/mol. The molecular weight excluding hydrogens is 522 g/mol. The molecule has 0 unspecified atom stereocenters. The summed E-state index contributed by atoms with van der Waals surface area (Å²) in [5.41, 5.74) is 17.3. The highest BCUT2D eigenvalue weighted by Gasteiger charge is 2.30. The number of carbonyl (C=O) groups is 5. The highest BCUT2D eigenvalue weighted by atomic mass is 16.4. The van der Waals surface area contributed by atoms with Gasteiger partial charge in [-0.1, -0.05) is 12.1 Å². The van der Waals surface area contributed by atoms with Crippen molar-refractivity contribution >= 4 is 29.6 Å². The molecule has 0 fully saturated rings. The van der Waals surface area contributed by atoms with Crippen LogP contribution in [0.15, 0.2) is 24.3 Å². The fourth-order valence-corrected chi connectivity index (χ4v) is 3.90. The number of hydrogen-bond donors (Lipinski definition) is 9. The summed E-state index contributed by atoms with van der Waals surface area (Å²) in [5.74, 6) is -3.63. The van der Waals surface area contributed by atoms with Crippen LogP contribution in [0.4, 0.5) is 0 Å². The highest BCUT2D eigenvalue weighted by Crippen LogP contribution is 2.12. The van der Waals surface area contributed by atoms with Crippen molar-refractivity contribution in [1.29, 1.82) is 0 Å². The molecule has 40 heavy (non-hydrogen) atoms. The highest BCUT2D eigenvalue weighted by molar-refractivity contribution is 5.95. The monoisotopic (exact) mass is 565 g/mol. The van der Waals surface area contributed by atoms with E-state index in [-0.39, 0.29) is 51.1 Å². The predicted molar refractivity (Wildman–Crippen MR) is 148 cm³/mol. The number of carboxylic acids is 1. The molecule has 0 saturated carbocycles. The van der Waals surface area contributed by atoms with Crippen molar-refractivity contribution in [2.24, 2.45) is 17.2 Å². The van der Waals surface area contributed by atoms with Gasteiger partial charge in [-0.3, -0.25) is 19.2 Å². The predicted octanol–water partition coefficient (Wildman–Crippen LogP) is -1.80. The van der Waals surface area contributed by atoms with Crippen LogP contribution in [0, 0.1) is 0 Å². The molecule has 0 bridgehead atoms. The van der Waals surface area contributed by atoms with Crippen LogP contribution in [0.25, 0.3) is 0 Å². The molecule has 14 heteroatoms. The van der Waals surface area contributed by atoms with E-state index in [1.807, 2.05) is 0 Å². The van der Waals surface area contributed by atoms with E-state index >= 15 is 0 Å². The van der Waals surface area contributed by atoms with Crippen molar-refractivity contribution in [3.63, 3.8) is 0 Å². The van der Waals surface area contributed by atoms with Gasteiger partial charge >= 0.3 is 5.97 Å². The molecule has 4 amide bonds. The van der Waals surface area contributed by atoms with E-state index in [2.05, 4.69) is 21.3 Å². The molecule has 1 aromatic rings. The molecule has 0 radical (unpaired) electrons. The number of phenols is 1. The first-order valence-corrected chi connectivity index (χ1v) is 13.3. The summed E-state index contributed by atoms with van der Waals surface area (Å²) < 4.78 is 0. The number of rotatable bonds is 19. The first-order valence-electron chi connectivity index (χ1n) is 13.3. The SMILES string of the molecule is CC(=O)N[C@@H](Cc1ccc(O)cc1)C(=O)N[C@@H](CCCN)C(=O)N[C@@H](CCCN)C(=O)N[C@@H](CCCN)C(=O)O. The number of hydrogen-bond acceptors (Lipinski definition) is 9. The summed E-state index contributed by atoms with van der Waals surface area (Å²) in [7, 11) is 0. The Morgan fingerprint density at radius 3 is 1.48 bits per heavy atom.